The summed E-state index contributed by atoms with van der Waals surface area (Å²) >= 11 is 0. The molecule has 0 radical (unpaired) electrons. The number of aryl methyl sites for hydroxylation is 1. The topological polar surface area (TPSA) is 75.5 Å². The highest BCUT2D eigenvalue weighted by Gasteiger charge is 2.48. The van der Waals surface area contributed by atoms with E-state index < -0.39 is 57.4 Å². The van der Waals surface area contributed by atoms with E-state index in [1.165, 1.54) is 33.5 Å². The van der Waals surface area contributed by atoms with Crippen molar-refractivity contribution in [3.8, 4) is 0 Å². The molecule has 1 aromatic heterocycles. The molecule has 2 fully saturated rings. The van der Waals surface area contributed by atoms with Gasteiger partial charge in [0.1, 0.15) is 0 Å². The van der Waals surface area contributed by atoms with Gasteiger partial charge in [0.2, 0.25) is 5.92 Å². The first kappa shape index (κ1) is 30.5. The Kier molecular flexibility index (Phi) is 8.96. The van der Waals surface area contributed by atoms with Gasteiger partial charge in [-0.25, -0.2) is 22.2 Å². The van der Waals surface area contributed by atoms with Crippen molar-refractivity contribution in [1.29, 1.82) is 0 Å². The van der Waals surface area contributed by atoms with Crippen molar-refractivity contribution in [3.05, 3.63) is 47.9 Å². The number of alkyl halides is 5. The highest BCUT2D eigenvalue weighted by molar-refractivity contribution is 7.89. The minimum absolute atomic E-state index is 0. The molecule has 1 aliphatic carbocycles. The zero-order valence-corrected chi connectivity index (χ0v) is 22.4. The molecule has 0 spiro atoms. The number of sulfonamides is 1. The van der Waals surface area contributed by atoms with Crippen LogP contribution in [0.2, 0.25) is 0 Å². The second-order valence-corrected chi connectivity index (χ2v) is 11.7. The molecule has 7 nitrogen and oxygen atoms in total. The van der Waals surface area contributed by atoms with Crippen molar-refractivity contribution in [3.63, 3.8) is 0 Å². The number of imidazole rings is 1. The quantitative estimate of drug-likeness (QED) is 0.346. The van der Waals surface area contributed by atoms with Gasteiger partial charge in [-0.05, 0) is 25.3 Å². The highest BCUT2D eigenvalue weighted by atomic mass is 35.5. The summed E-state index contributed by atoms with van der Waals surface area (Å²) in [4.78, 5) is 18.7. The number of halogens is 6. The van der Waals surface area contributed by atoms with Crippen LogP contribution < -0.4 is 0 Å². The predicted octanol–water partition coefficient (Wildman–Crippen LogP) is 4.78. The van der Waals surface area contributed by atoms with Crippen LogP contribution in [-0.4, -0.2) is 70.6 Å². The Hall–Kier alpha value is -2.09. The first-order chi connectivity index (χ1) is 17.2. The van der Waals surface area contributed by atoms with E-state index in [9.17, 15) is 35.2 Å². The first-order valence-electron chi connectivity index (χ1n) is 12.0. The number of benzene rings is 1. The molecule has 4 rings (SSSR count). The number of ketones is 1. The molecule has 2 aliphatic rings. The number of rotatable bonds is 7. The molecule has 38 heavy (non-hydrogen) atoms. The van der Waals surface area contributed by atoms with Gasteiger partial charge >= 0.3 is 6.18 Å². The number of piperazine rings is 1. The standard InChI is InChI=1S/C24H29F5N4O3S.ClH/c1-31-16-21(30-17-31)37(35,36)33-14-12-32(13-15-33)22(8-10-23(25,26)11-9-22)7-6-20(34)18-4-2-3-5-19(18)24(27,28)29;/h2-5,16-17H,6-15H2,1H3;1H. The highest BCUT2D eigenvalue weighted by Crippen LogP contribution is 2.45. The Morgan fingerprint density at radius 2 is 1.63 bits per heavy atom. The van der Waals surface area contributed by atoms with Gasteiger partial charge in [0.25, 0.3) is 10.0 Å². The second kappa shape index (κ2) is 11.2. The van der Waals surface area contributed by atoms with Crippen LogP contribution in [0.25, 0.3) is 0 Å². The van der Waals surface area contributed by atoms with E-state index >= 15 is 0 Å². The summed E-state index contributed by atoms with van der Waals surface area (Å²) in [6.45, 7) is 0.736. The smallest absolute Gasteiger partial charge is 0.339 e. The maximum atomic E-state index is 14.1. The monoisotopic (exact) mass is 584 g/mol. The Balaban J connectivity index is 0.00000400. The number of aromatic nitrogens is 2. The van der Waals surface area contributed by atoms with Gasteiger partial charge in [0.15, 0.2) is 10.8 Å². The van der Waals surface area contributed by atoms with Gasteiger partial charge in [-0.1, -0.05) is 18.2 Å². The second-order valence-electron chi connectivity index (χ2n) is 9.82. The number of hydrogen-bond acceptors (Lipinski definition) is 5. The van der Waals surface area contributed by atoms with Crippen molar-refractivity contribution in [2.24, 2.45) is 7.05 Å². The lowest BCUT2D eigenvalue weighted by atomic mass is 9.74. The van der Waals surface area contributed by atoms with Gasteiger partial charge in [-0.2, -0.15) is 17.5 Å². The summed E-state index contributed by atoms with van der Waals surface area (Å²) in [5.41, 5.74) is -2.28. The van der Waals surface area contributed by atoms with Crippen molar-refractivity contribution >= 4 is 28.2 Å². The van der Waals surface area contributed by atoms with E-state index in [4.69, 9.17) is 0 Å². The molecule has 2 heterocycles. The summed E-state index contributed by atoms with van der Waals surface area (Å²) in [5, 5.41) is -0.0793. The molecular weight excluding hydrogens is 555 g/mol. The SMILES string of the molecule is Cl.Cn1cnc(S(=O)(=O)N2CCN(C3(CCC(=O)c4ccccc4C(F)(F)F)CCC(F)(F)CC3)CC2)c1. The molecule has 14 heteroatoms. The minimum Gasteiger partial charge on any atom is -0.339 e. The van der Waals surface area contributed by atoms with Crippen molar-refractivity contribution < 1.29 is 35.2 Å². The predicted molar refractivity (Wildman–Crippen MR) is 132 cm³/mol. The van der Waals surface area contributed by atoms with Crippen LogP contribution in [0.4, 0.5) is 22.0 Å². The normalized spacial score (nSPS) is 20.6. The number of carbonyl (C=O) groups excluding carboxylic acids is 1. The Morgan fingerprint density at radius 1 is 1.03 bits per heavy atom. The lowest BCUT2D eigenvalue weighted by Crippen LogP contribution is -2.59. The molecule has 0 amide bonds. The molecule has 1 saturated carbocycles. The molecule has 1 aliphatic heterocycles. The van der Waals surface area contributed by atoms with E-state index in [0.717, 1.165) is 12.1 Å². The molecule has 212 valence electrons. The molecule has 0 atom stereocenters. The number of nitrogens with zero attached hydrogens (tertiary/aromatic N) is 4. The van der Waals surface area contributed by atoms with Gasteiger partial charge in [0.05, 0.1) is 11.9 Å². The van der Waals surface area contributed by atoms with E-state index in [0.29, 0.717) is 0 Å². The van der Waals surface area contributed by atoms with E-state index in [-0.39, 0.29) is 69.3 Å². The van der Waals surface area contributed by atoms with Crippen LogP contribution in [0.3, 0.4) is 0 Å². The fourth-order valence-electron chi connectivity index (χ4n) is 5.32. The molecule has 1 aromatic carbocycles. The van der Waals surface area contributed by atoms with Crippen LogP contribution in [0, 0.1) is 0 Å². The average molecular weight is 585 g/mol. The zero-order chi connectivity index (χ0) is 27.1. The average Bonchev–Trinajstić information content (AvgIpc) is 3.30. The third-order valence-corrected chi connectivity index (χ3v) is 9.24. The summed E-state index contributed by atoms with van der Waals surface area (Å²) in [7, 11) is -2.17. The zero-order valence-electron chi connectivity index (χ0n) is 20.8. The van der Waals surface area contributed by atoms with Crippen LogP contribution in [-0.2, 0) is 23.2 Å². The van der Waals surface area contributed by atoms with Gasteiger partial charge < -0.3 is 4.57 Å². The van der Waals surface area contributed by atoms with Crippen LogP contribution in [0.1, 0.15) is 54.4 Å². The molecule has 2 aromatic rings. The fraction of sp³-hybridized carbons (Fsp3) is 0.583. The minimum atomic E-state index is -4.69. The Labute approximate surface area is 224 Å². The van der Waals surface area contributed by atoms with Gasteiger partial charge in [-0.3, -0.25) is 9.69 Å². The van der Waals surface area contributed by atoms with Gasteiger partial charge in [0, 0.05) is 69.8 Å². The Bertz CT molecular complexity index is 1230. The Morgan fingerprint density at radius 3 is 2.18 bits per heavy atom. The van der Waals surface area contributed by atoms with Crippen molar-refractivity contribution in [2.45, 2.75) is 61.2 Å². The fourth-order valence-corrected chi connectivity index (χ4v) is 6.71. The molecular formula is C24H30ClF5N4O3S. The third-order valence-electron chi connectivity index (χ3n) is 7.46. The summed E-state index contributed by atoms with van der Waals surface area (Å²) < 4.78 is 97.0. The van der Waals surface area contributed by atoms with Gasteiger partial charge in [-0.15, -0.1) is 12.4 Å². The molecule has 0 unspecified atom stereocenters. The van der Waals surface area contributed by atoms with E-state index in [2.05, 4.69) is 4.98 Å². The number of carbonyl (C=O) groups is 1. The van der Waals surface area contributed by atoms with Crippen LogP contribution in [0.5, 0.6) is 0 Å². The van der Waals surface area contributed by atoms with Crippen molar-refractivity contribution in [1.82, 2.24) is 18.8 Å². The van der Waals surface area contributed by atoms with E-state index in [1.54, 1.807) is 7.05 Å². The van der Waals surface area contributed by atoms with Crippen LogP contribution in [0.15, 0.2) is 41.8 Å². The molecule has 0 bridgehead atoms. The summed E-state index contributed by atoms with van der Waals surface area (Å²) in [6.07, 6.45) is -2.68. The first-order valence-corrected chi connectivity index (χ1v) is 13.5. The number of hydrogen-bond donors (Lipinski definition) is 0. The molecule has 0 N–H and O–H groups in total. The van der Waals surface area contributed by atoms with Crippen molar-refractivity contribution in [2.75, 3.05) is 26.2 Å². The summed E-state index contributed by atoms with van der Waals surface area (Å²) in [5.74, 6) is -3.54. The number of Topliss-reactive ketones (excluding diaryl/α,β-unsaturated/α-hetero) is 1. The maximum Gasteiger partial charge on any atom is 0.417 e. The molecule has 1 saturated heterocycles. The van der Waals surface area contributed by atoms with E-state index in [1.807, 2.05) is 4.90 Å². The van der Waals surface area contributed by atoms with Crippen LogP contribution >= 0.6 is 12.4 Å². The lowest BCUT2D eigenvalue weighted by molar-refractivity contribution is -0.137. The largest absolute Gasteiger partial charge is 0.417 e. The summed E-state index contributed by atoms with van der Waals surface area (Å²) in [6, 6.07) is 4.56. The maximum absolute atomic E-state index is 14.1. The lowest BCUT2D eigenvalue weighted by Gasteiger charge is -2.50. The third kappa shape index (κ3) is 6.37.